The number of nitriles is 1. The van der Waals surface area contributed by atoms with Gasteiger partial charge in [-0.15, -0.1) is 10.2 Å². The van der Waals surface area contributed by atoms with Gasteiger partial charge in [-0.25, -0.2) is 0 Å². The zero-order chi connectivity index (χ0) is 15.4. The summed E-state index contributed by atoms with van der Waals surface area (Å²) in [6.07, 6.45) is 0. The molecule has 7 heteroatoms. The van der Waals surface area contributed by atoms with Gasteiger partial charge in [-0.1, -0.05) is 25.6 Å². The van der Waals surface area contributed by atoms with Crippen molar-refractivity contribution < 1.29 is 9.90 Å². The Bertz CT molecular complexity index is 686. The monoisotopic (exact) mass is 302 g/mol. The minimum Gasteiger partial charge on any atom is -0.481 e. The lowest BCUT2D eigenvalue weighted by Crippen LogP contribution is -2.06. The number of benzene rings is 1. The molecule has 0 saturated heterocycles. The van der Waals surface area contributed by atoms with E-state index in [1.807, 2.05) is 18.4 Å². The van der Waals surface area contributed by atoms with Gasteiger partial charge >= 0.3 is 5.97 Å². The summed E-state index contributed by atoms with van der Waals surface area (Å²) in [7, 11) is 0. The number of thioether (sulfide) groups is 1. The first-order valence-electron chi connectivity index (χ1n) is 6.33. The highest BCUT2D eigenvalue weighted by molar-refractivity contribution is 7.99. The summed E-state index contributed by atoms with van der Waals surface area (Å²) >= 11 is 1.12. The van der Waals surface area contributed by atoms with Crippen molar-refractivity contribution in [3.63, 3.8) is 0 Å². The summed E-state index contributed by atoms with van der Waals surface area (Å²) in [6, 6.07) is 9.10. The van der Waals surface area contributed by atoms with Gasteiger partial charge in [0, 0.05) is 11.6 Å². The summed E-state index contributed by atoms with van der Waals surface area (Å²) < 4.78 is 1.83. The topological polar surface area (TPSA) is 91.8 Å². The van der Waals surface area contributed by atoms with Crippen molar-refractivity contribution >= 4 is 17.7 Å². The average Bonchev–Trinajstić information content (AvgIpc) is 2.89. The van der Waals surface area contributed by atoms with Gasteiger partial charge in [-0.2, -0.15) is 5.26 Å². The quantitative estimate of drug-likeness (QED) is 0.853. The molecule has 0 spiro atoms. The van der Waals surface area contributed by atoms with Gasteiger partial charge in [0.15, 0.2) is 5.16 Å². The predicted octanol–water partition coefficient (Wildman–Crippen LogP) is 2.44. The molecule has 2 rings (SSSR count). The van der Waals surface area contributed by atoms with E-state index in [2.05, 4.69) is 16.3 Å². The van der Waals surface area contributed by atoms with E-state index in [0.29, 0.717) is 10.7 Å². The lowest BCUT2D eigenvalue weighted by molar-refractivity contribution is -0.133. The molecule has 6 nitrogen and oxygen atoms in total. The van der Waals surface area contributed by atoms with E-state index in [-0.39, 0.29) is 11.7 Å². The first-order valence-corrected chi connectivity index (χ1v) is 7.32. The van der Waals surface area contributed by atoms with Crippen LogP contribution in [0.25, 0.3) is 5.69 Å². The normalized spacial score (nSPS) is 10.6. The van der Waals surface area contributed by atoms with Crippen LogP contribution in [0.2, 0.25) is 0 Å². The fourth-order valence-corrected chi connectivity index (χ4v) is 2.48. The molecule has 1 aromatic carbocycles. The van der Waals surface area contributed by atoms with E-state index in [1.165, 1.54) is 0 Å². The molecule has 1 N–H and O–H groups in total. The highest BCUT2D eigenvalue weighted by Crippen LogP contribution is 2.25. The fraction of sp³-hybridized carbons (Fsp3) is 0.286. The molecule has 21 heavy (non-hydrogen) atoms. The smallest absolute Gasteiger partial charge is 0.313 e. The van der Waals surface area contributed by atoms with Crippen LogP contribution < -0.4 is 0 Å². The lowest BCUT2D eigenvalue weighted by atomic mass is 10.2. The van der Waals surface area contributed by atoms with Crippen LogP contribution in [0.15, 0.2) is 29.4 Å². The van der Waals surface area contributed by atoms with E-state index in [4.69, 9.17) is 10.4 Å². The summed E-state index contributed by atoms with van der Waals surface area (Å²) in [6.45, 7) is 3.99. The standard InChI is InChI=1S/C14H14N4O2S/c1-9(2)13-16-17-14(21-8-12(19)20)18(13)11-5-3-10(7-15)4-6-11/h3-6,9H,8H2,1-2H3,(H,19,20). The highest BCUT2D eigenvalue weighted by atomic mass is 32.2. The molecule has 0 amide bonds. The Morgan fingerprint density at radius 2 is 2.05 bits per heavy atom. The van der Waals surface area contributed by atoms with E-state index < -0.39 is 5.97 Å². The molecule has 0 aliphatic heterocycles. The van der Waals surface area contributed by atoms with E-state index in [9.17, 15) is 4.79 Å². The van der Waals surface area contributed by atoms with Crippen LogP contribution in [0, 0.1) is 11.3 Å². The average molecular weight is 302 g/mol. The Hall–Kier alpha value is -2.33. The number of nitrogens with zero attached hydrogens (tertiary/aromatic N) is 4. The van der Waals surface area contributed by atoms with Crippen molar-refractivity contribution in [3.05, 3.63) is 35.7 Å². The van der Waals surface area contributed by atoms with Crippen LogP contribution in [0.3, 0.4) is 0 Å². The number of rotatable bonds is 5. The number of hydrogen-bond acceptors (Lipinski definition) is 5. The first kappa shape index (κ1) is 15.1. The van der Waals surface area contributed by atoms with Gasteiger partial charge in [0.1, 0.15) is 5.82 Å². The zero-order valence-electron chi connectivity index (χ0n) is 11.6. The van der Waals surface area contributed by atoms with Crippen LogP contribution in [0.1, 0.15) is 31.2 Å². The van der Waals surface area contributed by atoms with E-state index >= 15 is 0 Å². The third kappa shape index (κ3) is 3.41. The summed E-state index contributed by atoms with van der Waals surface area (Å²) in [5.74, 6) is -0.0765. The second kappa shape index (κ2) is 6.41. The Balaban J connectivity index is 2.44. The molecule has 0 unspecified atom stereocenters. The zero-order valence-corrected chi connectivity index (χ0v) is 12.5. The number of aliphatic carboxylic acids is 1. The van der Waals surface area contributed by atoms with Crippen molar-refractivity contribution in [2.24, 2.45) is 0 Å². The second-order valence-corrected chi connectivity index (χ2v) is 5.61. The number of carboxylic acids is 1. The van der Waals surface area contributed by atoms with E-state index in [0.717, 1.165) is 23.3 Å². The molecule has 1 aromatic heterocycles. The minimum absolute atomic E-state index is 0.0769. The largest absolute Gasteiger partial charge is 0.481 e. The van der Waals surface area contributed by atoms with Gasteiger partial charge in [-0.05, 0) is 24.3 Å². The molecular weight excluding hydrogens is 288 g/mol. The van der Waals surface area contributed by atoms with Crippen LogP contribution >= 0.6 is 11.8 Å². The Morgan fingerprint density at radius 3 is 2.57 bits per heavy atom. The fourth-order valence-electron chi connectivity index (χ4n) is 1.80. The Kier molecular flexibility index (Phi) is 4.60. The summed E-state index contributed by atoms with van der Waals surface area (Å²) in [4.78, 5) is 10.7. The lowest BCUT2D eigenvalue weighted by Gasteiger charge is -2.11. The minimum atomic E-state index is -0.902. The van der Waals surface area contributed by atoms with Crippen LogP contribution in [-0.4, -0.2) is 31.6 Å². The second-order valence-electron chi connectivity index (χ2n) is 4.67. The summed E-state index contributed by atoms with van der Waals surface area (Å²) in [5, 5.41) is 26.4. The molecule has 0 atom stereocenters. The molecule has 108 valence electrons. The molecule has 0 aliphatic rings. The number of carbonyl (C=O) groups is 1. The molecule has 0 aliphatic carbocycles. The Morgan fingerprint density at radius 1 is 1.38 bits per heavy atom. The third-order valence-electron chi connectivity index (χ3n) is 2.75. The molecular formula is C14H14N4O2S. The van der Waals surface area contributed by atoms with Crippen molar-refractivity contribution in [1.29, 1.82) is 5.26 Å². The number of hydrogen-bond donors (Lipinski definition) is 1. The van der Waals surface area contributed by atoms with Gasteiger partial charge in [0.2, 0.25) is 0 Å². The predicted molar refractivity (Wildman–Crippen MR) is 78.5 cm³/mol. The van der Waals surface area contributed by atoms with Crippen LogP contribution in [0.4, 0.5) is 0 Å². The molecule has 0 radical (unpaired) electrons. The van der Waals surface area contributed by atoms with Gasteiger partial charge in [-0.3, -0.25) is 9.36 Å². The van der Waals surface area contributed by atoms with Crippen LogP contribution in [-0.2, 0) is 4.79 Å². The number of aromatic nitrogens is 3. The maximum atomic E-state index is 10.7. The van der Waals surface area contributed by atoms with Gasteiger partial charge < -0.3 is 5.11 Å². The maximum absolute atomic E-state index is 10.7. The van der Waals surface area contributed by atoms with Crippen molar-refractivity contribution in [2.75, 3.05) is 5.75 Å². The molecule has 0 saturated carbocycles. The highest BCUT2D eigenvalue weighted by Gasteiger charge is 2.17. The van der Waals surface area contributed by atoms with Crippen molar-refractivity contribution in [2.45, 2.75) is 24.9 Å². The molecule has 0 bridgehead atoms. The first-order chi connectivity index (χ1) is 10.0. The maximum Gasteiger partial charge on any atom is 0.313 e. The summed E-state index contributed by atoms with van der Waals surface area (Å²) in [5.41, 5.74) is 1.38. The molecule has 2 aromatic rings. The van der Waals surface area contributed by atoms with Crippen molar-refractivity contribution in [1.82, 2.24) is 14.8 Å². The van der Waals surface area contributed by atoms with Crippen molar-refractivity contribution in [3.8, 4) is 11.8 Å². The number of carboxylic acid groups (broad SMARTS) is 1. The van der Waals surface area contributed by atoms with E-state index in [1.54, 1.807) is 24.3 Å². The molecule has 1 heterocycles. The Labute approximate surface area is 126 Å². The third-order valence-corrected chi connectivity index (χ3v) is 3.67. The molecule has 0 fully saturated rings. The van der Waals surface area contributed by atoms with Gasteiger partial charge in [0.25, 0.3) is 0 Å². The van der Waals surface area contributed by atoms with Crippen LogP contribution in [0.5, 0.6) is 0 Å². The van der Waals surface area contributed by atoms with Gasteiger partial charge in [0.05, 0.1) is 17.4 Å². The SMILES string of the molecule is CC(C)c1nnc(SCC(=O)O)n1-c1ccc(C#N)cc1.